The van der Waals surface area contributed by atoms with Crippen molar-refractivity contribution in [2.24, 2.45) is 0 Å². The van der Waals surface area contributed by atoms with Crippen molar-refractivity contribution >= 4 is 5.91 Å². The van der Waals surface area contributed by atoms with Crippen molar-refractivity contribution in [2.75, 3.05) is 32.7 Å². The SMILES string of the molecule is CCCN(CC)CCNC(=O)C(C)(C)NCC. The number of rotatable bonds is 9. The van der Waals surface area contributed by atoms with Gasteiger partial charge in [0.15, 0.2) is 0 Å². The molecule has 0 rings (SSSR count). The highest BCUT2D eigenvalue weighted by molar-refractivity contribution is 5.85. The van der Waals surface area contributed by atoms with Crippen molar-refractivity contribution in [1.29, 1.82) is 0 Å². The Kier molecular flexibility index (Phi) is 8.17. The Hall–Kier alpha value is -0.610. The molecule has 0 aliphatic heterocycles. The van der Waals surface area contributed by atoms with E-state index in [1.54, 1.807) is 0 Å². The average molecular weight is 243 g/mol. The van der Waals surface area contributed by atoms with Gasteiger partial charge in [0.1, 0.15) is 0 Å². The minimum absolute atomic E-state index is 0.0758. The summed E-state index contributed by atoms with van der Waals surface area (Å²) in [6, 6.07) is 0. The van der Waals surface area contributed by atoms with Crippen molar-refractivity contribution in [3.05, 3.63) is 0 Å². The molecular formula is C13H29N3O. The lowest BCUT2D eigenvalue weighted by Gasteiger charge is -2.26. The maximum atomic E-state index is 11.9. The number of carbonyl (C=O) groups excluding carboxylic acids is 1. The number of nitrogens with zero attached hydrogens (tertiary/aromatic N) is 1. The van der Waals surface area contributed by atoms with Crippen LogP contribution in [0.5, 0.6) is 0 Å². The number of carbonyl (C=O) groups is 1. The van der Waals surface area contributed by atoms with Gasteiger partial charge < -0.3 is 15.5 Å². The van der Waals surface area contributed by atoms with Gasteiger partial charge in [-0.3, -0.25) is 4.79 Å². The molecule has 0 radical (unpaired) electrons. The van der Waals surface area contributed by atoms with Crippen LogP contribution in [0.15, 0.2) is 0 Å². The van der Waals surface area contributed by atoms with Crippen LogP contribution >= 0.6 is 0 Å². The Balaban J connectivity index is 3.91. The van der Waals surface area contributed by atoms with Crippen molar-refractivity contribution in [3.63, 3.8) is 0 Å². The standard InChI is InChI=1S/C13H29N3O/c1-6-10-16(8-3)11-9-14-12(17)13(4,5)15-7-2/h15H,6-11H2,1-5H3,(H,14,17). The molecule has 2 N–H and O–H groups in total. The van der Waals surface area contributed by atoms with Gasteiger partial charge >= 0.3 is 0 Å². The van der Waals surface area contributed by atoms with Crippen molar-refractivity contribution in [1.82, 2.24) is 15.5 Å². The normalized spacial score (nSPS) is 11.9. The van der Waals surface area contributed by atoms with Gasteiger partial charge in [0, 0.05) is 13.1 Å². The molecule has 0 heterocycles. The van der Waals surface area contributed by atoms with E-state index in [9.17, 15) is 4.79 Å². The first-order valence-corrected chi connectivity index (χ1v) is 6.73. The fourth-order valence-corrected chi connectivity index (χ4v) is 1.81. The Bertz CT molecular complexity index is 217. The highest BCUT2D eigenvalue weighted by Crippen LogP contribution is 2.01. The summed E-state index contributed by atoms with van der Waals surface area (Å²) in [6.07, 6.45) is 1.16. The van der Waals surface area contributed by atoms with E-state index in [1.807, 2.05) is 20.8 Å². The summed E-state index contributed by atoms with van der Waals surface area (Å²) in [5.74, 6) is 0.0758. The second-order valence-corrected chi connectivity index (χ2v) is 4.85. The number of likely N-dealkylation sites (N-methyl/N-ethyl adjacent to an activating group) is 2. The van der Waals surface area contributed by atoms with Crippen LogP contribution in [-0.2, 0) is 4.79 Å². The summed E-state index contributed by atoms with van der Waals surface area (Å²) in [6.45, 7) is 14.8. The van der Waals surface area contributed by atoms with Crippen LogP contribution in [0.3, 0.4) is 0 Å². The first kappa shape index (κ1) is 16.4. The largest absolute Gasteiger partial charge is 0.353 e. The van der Waals surface area contributed by atoms with Gasteiger partial charge in [-0.25, -0.2) is 0 Å². The van der Waals surface area contributed by atoms with Gasteiger partial charge in [0.25, 0.3) is 0 Å². The third-order valence-corrected chi connectivity index (χ3v) is 2.89. The minimum atomic E-state index is -0.476. The molecule has 17 heavy (non-hydrogen) atoms. The van der Waals surface area contributed by atoms with E-state index in [0.29, 0.717) is 0 Å². The molecule has 0 aromatic heterocycles. The molecule has 0 atom stereocenters. The summed E-state index contributed by atoms with van der Waals surface area (Å²) in [5.41, 5.74) is -0.476. The predicted octanol–water partition coefficient (Wildman–Crippen LogP) is 1.22. The molecule has 0 aliphatic rings. The first-order chi connectivity index (χ1) is 7.97. The Morgan fingerprint density at radius 3 is 2.29 bits per heavy atom. The highest BCUT2D eigenvalue weighted by Gasteiger charge is 2.25. The van der Waals surface area contributed by atoms with Crippen LogP contribution in [0.4, 0.5) is 0 Å². The zero-order valence-electron chi connectivity index (χ0n) is 12.1. The van der Waals surface area contributed by atoms with Crippen LogP contribution < -0.4 is 10.6 Å². The van der Waals surface area contributed by atoms with Gasteiger partial charge in [0.2, 0.25) is 5.91 Å². The molecule has 0 spiro atoms. The summed E-state index contributed by atoms with van der Waals surface area (Å²) >= 11 is 0. The number of hydrogen-bond donors (Lipinski definition) is 2. The molecular weight excluding hydrogens is 214 g/mol. The van der Waals surface area contributed by atoms with E-state index in [2.05, 4.69) is 29.4 Å². The monoisotopic (exact) mass is 243 g/mol. The molecule has 0 bridgehead atoms. The molecule has 0 aromatic rings. The van der Waals surface area contributed by atoms with Gasteiger partial charge in [-0.1, -0.05) is 20.8 Å². The van der Waals surface area contributed by atoms with Crippen molar-refractivity contribution in [3.8, 4) is 0 Å². The fraction of sp³-hybridized carbons (Fsp3) is 0.923. The minimum Gasteiger partial charge on any atom is -0.353 e. The van der Waals surface area contributed by atoms with E-state index in [0.717, 1.165) is 39.1 Å². The van der Waals surface area contributed by atoms with E-state index in [1.165, 1.54) is 0 Å². The van der Waals surface area contributed by atoms with Crippen LogP contribution in [-0.4, -0.2) is 49.1 Å². The highest BCUT2D eigenvalue weighted by atomic mass is 16.2. The van der Waals surface area contributed by atoms with Crippen LogP contribution in [0.25, 0.3) is 0 Å². The predicted molar refractivity (Wildman–Crippen MR) is 73.2 cm³/mol. The van der Waals surface area contributed by atoms with Gasteiger partial charge in [0.05, 0.1) is 5.54 Å². The van der Waals surface area contributed by atoms with Crippen LogP contribution in [0, 0.1) is 0 Å². The molecule has 0 saturated carbocycles. The van der Waals surface area contributed by atoms with Gasteiger partial charge in [-0.05, 0) is 39.9 Å². The molecule has 4 heteroatoms. The summed E-state index contributed by atoms with van der Waals surface area (Å²) in [5, 5.41) is 6.16. The fourth-order valence-electron chi connectivity index (χ4n) is 1.81. The van der Waals surface area contributed by atoms with Crippen LogP contribution in [0.1, 0.15) is 41.0 Å². The third-order valence-electron chi connectivity index (χ3n) is 2.89. The van der Waals surface area contributed by atoms with E-state index in [4.69, 9.17) is 0 Å². The second-order valence-electron chi connectivity index (χ2n) is 4.85. The molecule has 0 saturated heterocycles. The van der Waals surface area contributed by atoms with Crippen molar-refractivity contribution in [2.45, 2.75) is 46.6 Å². The lowest BCUT2D eigenvalue weighted by molar-refractivity contribution is -0.126. The summed E-state index contributed by atoms with van der Waals surface area (Å²) < 4.78 is 0. The molecule has 102 valence electrons. The summed E-state index contributed by atoms with van der Waals surface area (Å²) in [4.78, 5) is 14.2. The molecule has 0 unspecified atom stereocenters. The van der Waals surface area contributed by atoms with E-state index >= 15 is 0 Å². The quantitative estimate of drug-likeness (QED) is 0.640. The molecule has 0 aromatic carbocycles. The Morgan fingerprint density at radius 1 is 1.18 bits per heavy atom. The number of amides is 1. The molecule has 0 aliphatic carbocycles. The maximum absolute atomic E-state index is 11.9. The second kappa shape index (κ2) is 8.48. The zero-order valence-corrected chi connectivity index (χ0v) is 12.1. The van der Waals surface area contributed by atoms with Crippen LogP contribution in [0.2, 0.25) is 0 Å². The summed E-state index contributed by atoms with van der Waals surface area (Å²) in [7, 11) is 0. The lowest BCUT2D eigenvalue weighted by Crippen LogP contribution is -2.53. The molecule has 4 nitrogen and oxygen atoms in total. The average Bonchev–Trinajstić information content (AvgIpc) is 2.27. The molecule has 1 amide bonds. The van der Waals surface area contributed by atoms with Crippen molar-refractivity contribution < 1.29 is 4.79 Å². The van der Waals surface area contributed by atoms with E-state index < -0.39 is 5.54 Å². The number of hydrogen-bond acceptors (Lipinski definition) is 3. The number of nitrogens with one attached hydrogen (secondary N) is 2. The Morgan fingerprint density at radius 2 is 1.82 bits per heavy atom. The van der Waals surface area contributed by atoms with Gasteiger partial charge in [-0.2, -0.15) is 0 Å². The smallest absolute Gasteiger partial charge is 0.239 e. The maximum Gasteiger partial charge on any atom is 0.239 e. The first-order valence-electron chi connectivity index (χ1n) is 6.73. The van der Waals surface area contributed by atoms with Gasteiger partial charge in [-0.15, -0.1) is 0 Å². The third kappa shape index (κ3) is 6.64. The Labute approximate surface area is 106 Å². The topological polar surface area (TPSA) is 44.4 Å². The zero-order chi connectivity index (χ0) is 13.3. The van der Waals surface area contributed by atoms with E-state index in [-0.39, 0.29) is 5.91 Å². The molecule has 0 fully saturated rings. The lowest BCUT2D eigenvalue weighted by atomic mass is 10.0.